The van der Waals surface area contributed by atoms with Gasteiger partial charge in [-0.05, 0) is 38.8 Å². The second kappa shape index (κ2) is 8.88. The number of aromatic nitrogens is 1. The van der Waals surface area contributed by atoms with Crippen molar-refractivity contribution in [1.82, 2.24) is 15.6 Å². The molecule has 0 saturated carbocycles. The molecule has 0 unspecified atom stereocenters. The zero-order valence-corrected chi connectivity index (χ0v) is 16.7. The van der Waals surface area contributed by atoms with Gasteiger partial charge in [-0.3, -0.25) is 9.59 Å². The fourth-order valence-electron chi connectivity index (χ4n) is 2.90. The Bertz CT molecular complexity index is 853. The first-order valence-electron chi connectivity index (χ1n) is 9.10. The molecule has 0 fully saturated rings. The van der Waals surface area contributed by atoms with Gasteiger partial charge < -0.3 is 26.1 Å². The fraction of sp³-hybridized carbons (Fsp3) is 0.450. The maximum absolute atomic E-state index is 12.5. The number of H-pyrrole nitrogens is 1. The lowest BCUT2D eigenvalue weighted by molar-refractivity contribution is -0.146. The lowest BCUT2D eigenvalue weighted by Gasteiger charge is -2.23. The summed E-state index contributed by atoms with van der Waals surface area (Å²) in [7, 11) is 1.20. The average Bonchev–Trinajstić information content (AvgIpc) is 3.01. The van der Waals surface area contributed by atoms with E-state index in [1.54, 1.807) is 0 Å². The molecule has 2 atom stereocenters. The summed E-state index contributed by atoms with van der Waals surface area (Å²) in [4.78, 5) is 39.8. The van der Waals surface area contributed by atoms with Crippen molar-refractivity contribution < 1.29 is 19.1 Å². The van der Waals surface area contributed by atoms with Crippen LogP contribution in [0.4, 0.5) is 0 Å². The monoisotopic (exact) mass is 388 g/mol. The van der Waals surface area contributed by atoms with Crippen molar-refractivity contribution in [2.45, 2.75) is 51.2 Å². The largest absolute Gasteiger partial charge is 0.467 e. The molecule has 0 aliphatic heterocycles. The normalized spacial score (nSPS) is 13.6. The van der Waals surface area contributed by atoms with Crippen LogP contribution in [0.5, 0.6) is 0 Å². The summed E-state index contributed by atoms with van der Waals surface area (Å²) in [6, 6.07) is 5.72. The predicted molar refractivity (Wildman–Crippen MR) is 106 cm³/mol. The Morgan fingerprint density at radius 1 is 1.21 bits per heavy atom. The molecule has 2 aromatic rings. The number of methoxy groups -OCH3 is 1. The van der Waals surface area contributed by atoms with Crippen LogP contribution in [-0.4, -0.2) is 47.5 Å². The van der Waals surface area contributed by atoms with Crippen molar-refractivity contribution in [3.05, 3.63) is 36.0 Å². The first-order chi connectivity index (χ1) is 13.1. The fourth-order valence-corrected chi connectivity index (χ4v) is 2.90. The van der Waals surface area contributed by atoms with Gasteiger partial charge in [0.2, 0.25) is 11.8 Å². The Morgan fingerprint density at radius 3 is 2.54 bits per heavy atom. The number of fused-ring (bicyclic) bond motifs is 1. The third-order valence-electron chi connectivity index (χ3n) is 4.16. The van der Waals surface area contributed by atoms with E-state index >= 15 is 0 Å². The maximum atomic E-state index is 12.5. The van der Waals surface area contributed by atoms with Gasteiger partial charge in [-0.25, -0.2) is 4.79 Å². The van der Waals surface area contributed by atoms with Crippen molar-refractivity contribution in [3.63, 3.8) is 0 Å². The molecule has 1 aromatic heterocycles. The van der Waals surface area contributed by atoms with E-state index in [0.717, 1.165) is 16.5 Å². The number of carbonyl (C=O) groups is 3. The summed E-state index contributed by atoms with van der Waals surface area (Å²) in [6.07, 6.45) is 1.87. The standard InChI is InChI=1S/C20H28N4O4/c1-20(2,3)24-17(25)10-16(19(27)28-4)23-18(26)14(21)9-12-11-22-15-8-6-5-7-13(12)15/h5-8,11,14,16,22H,9-10,21H2,1-4H3,(H,23,26)(H,24,25)/t14-,16-/m0/s1. The van der Waals surface area contributed by atoms with Gasteiger partial charge in [0, 0.05) is 22.6 Å². The molecule has 8 heteroatoms. The molecule has 28 heavy (non-hydrogen) atoms. The maximum Gasteiger partial charge on any atom is 0.328 e. The van der Waals surface area contributed by atoms with Crippen LogP contribution in [0.3, 0.4) is 0 Å². The molecule has 0 saturated heterocycles. The van der Waals surface area contributed by atoms with Crippen LogP contribution in [0.1, 0.15) is 32.8 Å². The zero-order valence-electron chi connectivity index (χ0n) is 16.7. The second-order valence-electron chi connectivity index (χ2n) is 7.76. The quantitative estimate of drug-likeness (QED) is 0.527. The van der Waals surface area contributed by atoms with Crippen molar-refractivity contribution >= 4 is 28.7 Å². The first-order valence-corrected chi connectivity index (χ1v) is 9.10. The van der Waals surface area contributed by atoms with Crippen molar-refractivity contribution in [2.75, 3.05) is 7.11 Å². The number of aromatic amines is 1. The number of ether oxygens (including phenoxy) is 1. The minimum atomic E-state index is -1.10. The second-order valence-corrected chi connectivity index (χ2v) is 7.76. The molecule has 0 spiro atoms. The number of hydrogen-bond acceptors (Lipinski definition) is 5. The third-order valence-corrected chi connectivity index (χ3v) is 4.16. The average molecular weight is 388 g/mol. The molecular weight excluding hydrogens is 360 g/mol. The Kier molecular flexibility index (Phi) is 6.80. The Hall–Kier alpha value is -2.87. The Balaban J connectivity index is 2.03. The van der Waals surface area contributed by atoms with Gasteiger partial charge in [-0.15, -0.1) is 0 Å². The van der Waals surface area contributed by atoms with E-state index in [1.807, 2.05) is 51.2 Å². The SMILES string of the molecule is COC(=O)[C@H](CC(=O)NC(C)(C)C)NC(=O)[C@@H](N)Cc1c[nH]c2ccccc12. The summed E-state index contributed by atoms with van der Waals surface area (Å²) in [5.74, 6) is -1.59. The van der Waals surface area contributed by atoms with E-state index < -0.39 is 29.5 Å². The predicted octanol–water partition coefficient (Wildman–Crippen LogP) is 1.00. The summed E-state index contributed by atoms with van der Waals surface area (Å²) in [5.41, 5.74) is 7.45. The van der Waals surface area contributed by atoms with Crippen LogP contribution in [0.25, 0.3) is 10.9 Å². The van der Waals surface area contributed by atoms with Crippen LogP contribution < -0.4 is 16.4 Å². The van der Waals surface area contributed by atoms with E-state index in [-0.39, 0.29) is 18.7 Å². The summed E-state index contributed by atoms with van der Waals surface area (Å²) in [5, 5.41) is 6.28. The number of para-hydroxylation sites is 1. The number of amides is 2. The number of hydrogen-bond donors (Lipinski definition) is 4. The highest BCUT2D eigenvalue weighted by molar-refractivity contribution is 5.92. The molecule has 0 bridgehead atoms. The van der Waals surface area contributed by atoms with Gasteiger partial charge in [-0.2, -0.15) is 0 Å². The van der Waals surface area contributed by atoms with E-state index in [9.17, 15) is 14.4 Å². The van der Waals surface area contributed by atoms with E-state index in [2.05, 4.69) is 15.6 Å². The Labute approximate surface area is 164 Å². The smallest absolute Gasteiger partial charge is 0.328 e. The molecule has 0 aliphatic carbocycles. The van der Waals surface area contributed by atoms with Gasteiger partial charge in [0.15, 0.2) is 0 Å². The number of nitrogens with two attached hydrogens (primary N) is 1. The zero-order chi connectivity index (χ0) is 20.9. The summed E-state index contributed by atoms with van der Waals surface area (Å²) in [6.45, 7) is 5.48. The minimum absolute atomic E-state index is 0.227. The van der Waals surface area contributed by atoms with Crippen LogP contribution in [0.2, 0.25) is 0 Å². The van der Waals surface area contributed by atoms with Gasteiger partial charge >= 0.3 is 5.97 Å². The molecule has 1 heterocycles. The molecular formula is C20H28N4O4. The van der Waals surface area contributed by atoms with Gasteiger partial charge in [0.25, 0.3) is 0 Å². The van der Waals surface area contributed by atoms with E-state index in [0.29, 0.717) is 0 Å². The molecule has 2 amide bonds. The van der Waals surface area contributed by atoms with Gasteiger partial charge in [0.05, 0.1) is 19.6 Å². The lowest BCUT2D eigenvalue weighted by Crippen LogP contribution is -2.52. The number of esters is 1. The summed E-state index contributed by atoms with van der Waals surface area (Å²) < 4.78 is 4.71. The molecule has 2 rings (SSSR count). The molecule has 8 nitrogen and oxygen atoms in total. The van der Waals surface area contributed by atoms with Crippen LogP contribution in [0.15, 0.2) is 30.5 Å². The molecule has 0 aliphatic rings. The lowest BCUT2D eigenvalue weighted by atomic mass is 10.0. The number of carbonyl (C=O) groups excluding carboxylic acids is 3. The molecule has 5 N–H and O–H groups in total. The highest BCUT2D eigenvalue weighted by atomic mass is 16.5. The van der Waals surface area contributed by atoms with Crippen LogP contribution in [0, 0.1) is 0 Å². The van der Waals surface area contributed by atoms with Crippen molar-refractivity contribution in [1.29, 1.82) is 0 Å². The van der Waals surface area contributed by atoms with Crippen molar-refractivity contribution in [3.8, 4) is 0 Å². The summed E-state index contributed by atoms with van der Waals surface area (Å²) >= 11 is 0. The molecule has 1 aromatic carbocycles. The molecule has 152 valence electrons. The number of nitrogens with one attached hydrogen (secondary N) is 3. The molecule has 0 radical (unpaired) electrons. The minimum Gasteiger partial charge on any atom is -0.467 e. The topological polar surface area (TPSA) is 126 Å². The first kappa shape index (κ1) is 21.4. The van der Waals surface area contributed by atoms with Crippen LogP contribution in [-0.2, 0) is 25.5 Å². The van der Waals surface area contributed by atoms with E-state index in [1.165, 1.54) is 7.11 Å². The third kappa shape index (κ3) is 5.82. The van der Waals surface area contributed by atoms with Gasteiger partial charge in [-0.1, -0.05) is 18.2 Å². The Morgan fingerprint density at radius 2 is 1.89 bits per heavy atom. The van der Waals surface area contributed by atoms with Crippen LogP contribution >= 0.6 is 0 Å². The highest BCUT2D eigenvalue weighted by Gasteiger charge is 2.28. The number of benzene rings is 1. The number of rotatable bonds is 7. The van der Waals surface area contributed by atoms with Crippen molar-refractivity contribution in [2.24, 2.45) is 5.73 Å². The van der Waals surface area contributed by atoms with Gasteiger partial charge in [0.1, 0.15) is 6.04 Å². The van der Waals surface area contributed by atoms with E-state index in [4.69, 9.17) is 10.5 Å². The highest BCUT2D eigenvalue weighted by Crippen LogP contribution is 2.18.